The maximum Gasteiger partial charge on any atom is 0.247 e. The molecule has 1 atom stereocenters. The molecule has 1 saturated heterocycles. The molecule has 1 heterocycles. The van der Waals surface area contributed by atoms with Crippen LogP contribution in [0.5, 0.6) is 0 Å². The highest BCUT2D eigenvalue weighted by atomic mass is 16.2. The summed E-state index contributed by atoms with van der Waals surface area (Å²) in [6.45, 7) is 9.65. The van der Waals surface area contributed by atoms with Gasteiger partial charge in [0.15, 0.2) is 0 Å². The summed E-state index contributed by atoms with van der Waals surface area (Å²) in [5.74, 6) is 0.950. The molecule has 4 rings (SSSR count). The first-order valence-electron chi connectivity index (χ1n) is 11.3. The first kappa shape index (κ1) is 20.7. The van der Waals surface area contributed by atoms with Crippen LogP contribution >= 0.6 is 0 Å². The van der Waals surface area contributed by atoms with Gasteiger partial charge in [0.05, 0.1) is 0 Å². The average molecular weight is 407 g/mol. The van der Waals surface area contributed by atoms with E-state index in [1.807, 2.05) is 50.2 Å². The van der Waals surface area contributed by atoms with Crippen molar-refractivity contribution in [3.05, 3.63) is 60.2 Å². The molecule has 2 N–H and O–H groups in total. The van der Waals surface area contributed by atoms with E-state index in [9.17, 15) is 4.79 Å². The number of nitrogens with one attached hydrogen (secondary N) is 2. The number of rotatable bonds is 8. The Kier molecular flexibility index (Phi) is 6.58. The molecule has 5 nitrogen and oxygen atoms in total. The Hall–Kier alpha value is -2.53. The van der Waals surface area contributed by atoms with Crippen molar-refractivity contribution < 1.29 is 4.79 Å². The monoisotopic (exact) mass is 406 g/mol. The Morgan fingerprint density at radius 1 is 1.00 bits per heavy atom. The molecule has 2 fully saturated rings. The van der Waals surface area contributed by atoms with Crippen molar-refractivity contribution in [2.75, 3.05) is 42.9 Å². The van der Waals surface area contributed by atoms with Crippen LogP contribution in [0, 0.1) is 5.92 Å². The zero-order chi connectivity index (χ0) is 20.9. The maximum atomic E-state index is 12.9. The van der Waals surface area contributed by atoms with Gasteiger partial charge in [-0.2, -0.15) is 0 Å². The number of carbonyl (C=O) groups excluding carboxylic acids is 1. The molecular formula is C25H34N4O. The largest absolute Gasteiger partial charge is 0.370 e. The van der Waals surface area contributed by atoms with Crippen molar-refractivity contribution in [2.24, 2.45) is 5.92 Å². The lowest BCUT2D eigenvalue weighted by atomic mass is 10.1. The van der Waals surface area contributed by atoms with Gasteiger partial charge in [-0.25, -0.2) is 0 Å². The number of anilines is 2. The molecule has 2 aromatic rings. The second-order valence-corrected chi connectivity index (χ2v) is 8.93. The highest BCUT2D eigenvalue weighted by molar-refractivity contribution is 5.86. The normalized spacial score (nSPS) is 18.3. The van der Waals surface area contributed by atoms with Crippen LogP contribution < -0.4 is 15.5 Å². The zero-order valence-corrected chi connectivity index (χ0v) is 18.2. The number of hydrogen-bond acceptors (Lipinski definition) is 4. The SMILES string of the molecule is CC(C)NC(=O)C(Nc1cccc(N2CCN(CC3CC3)CC2)c1)c1ccccc1. The summed E-state index contributed by atoms with van der Waals surface area (Å²) in [5, 5.41) is 6.52. The van der Waals surface area contributed by atoms with E-state index in [-0.39, 0.29) is 11.9 Å². The standard InChI is InChI=1S/C25H34N4O/c1-19(2)26-25(30)24(21-7-4-3-5-8-21)27-22-9-6-10-23(17-22)29-15-13-28(14-16-29)18-20-11-12-20/h3-10,17,19-20,24,27H,11-16,18H2,1-2H3,(H,26,30). The van der Waals surface area contributed by atoms with Gasteiger partial charge in [0.1, 0.15) is 6.04 Å². The van der Waals surface area contributed by atoms with Crippen molar-refractivity contribution in [2.45, 2.75) is 38.8 Å². The minimum Gasteiger partial charge on any atom is -0.370 e. The van der Waals surface area contributed by atoms with E-state index in [0.29, 0.717) is 0 Å². The van der Waals surface area contributed by atoms with E-state index >= 15 is 0 Å². The predicted octanol–water partition coefficient (Wildman–Crippen LogP) is 3.90. The fourth-order valence-corrected chi connectivity index (χ4v) is 4.13. The molecule has 2 aromatic carbocycles. The fourth-order valence-electron chi connectivity index (χ4n) is 4.13. The molecular weight excluding hydrogens is 372 g/mol. The van der Waals surface area contributed by atoms with Crippen molar-refractivity contribution in [1.82, 2.24) is 10.2 Å². The van der Waals surface area contributed by atoms with E-state index in [0.717, 1.165) is 43.3 Å². The van der Waals surface area contributed by atoms with Gasteiger partial charge >= 0.3 is 0 Å². The van der Waals surface area contributed by atoms with Gasteiger partial charge in [-0.3, -0.25) is 9.69 Å². The second-order valence-electron chi connectivity index (χ2n) is 8.93. The van der Waals surface area contributed by atoms with Gasteiger partial charge in [0.2, 0.25) is 5.91 Å². The quantitative estimate of drug-likeness (QED) is 0.698. The minimum atomic E-state index is -0.417. The summed E-state index contributed by atoms with van der Waals surface area (Å²) in [7, 11) is 0. The lowest BCUT2D eigenvalue weighted by Crippen LogP contribution is -2.47. The van der Waals surface area contributed by atoms with E-state index in [1.54, 1.807) is 0 Å². The topological polar surface area (TPSA) is 47.6 Å². The van der Waals surface area contributed by atoms with Crippen LogP contribution in [0.3, 0.4) is 0 Å². The zero-order valence-electron chi connectivity index (χ0n) is 18.2. The third-order valence-electron chi connectivity index (χ3n) is 5.93. The van der Waals surface area contributed by atoms with Crippen LogP contribution in [0.25, 0.3) is 0 Å². The number of nitrogens with zero attached hydrogens (tertiary/aromatic N) is 2. The number of piperazine rings is 1. The highest BCUT2D eigenvalue weighted by Crippen LogP contribution is 2.30. The molecule has 2 aliphatic rings. The Bertz CT molecular complexity index is 826. The van der Waals surface area contributed by atoms with Gasteiger partial charge in [-0.15, -0.1) is 0 Å². The molecule has 1 unspecified atom stereocenters. The van der Waals surface area contributed by atoms with Gasteiger partial charge < -0.3 is 15.5 Å². The van der Waals surface area contributed by atoms with Crippen LogP contribution in [0.15, 0.2) is 54.6 Å². The summed E-state index contributed by atoms with van der Waals surface area (Å²) < 4.78 is 0. The molecule has 1 aliphatic heterocycles. The molecule has 0 aromatic heterocycles. The van der Waals surface area contributed by atoms with Crippen LogP contribution in [0.2, 0.25) is 0 Å². The first-order chi connectivity index (χ1) is 14.6. The van der Waals surface area contributed by atoms with Gasteiger partial charge in [0.25, 0.3) is 0 Å². The Labute approximate surface area is 180 Å². The second kappa shape index (κ2) is 9.52. The fraction of sp³-hybridized carbons (Fsp3) is 0.480. The van der Waals surface area contributed by atoms with Crippen molar-refractivity contribution in [1.29, 1.82) is 0 Å². The van der Waals surface area contributed by atoms with E-state index < -0.39 is 6.04 Å². The van der Waals surface area contributed by atoms with Crippen LogP contribution in [0.1, 0.15) is 38.3 Å². The number of carbonyl (C=O) groups is 1. The Morgan fingerprint density at radius 2 is 1.73 bits per heavy atom. The molecule has 1 amide bonds. The van der Waals surface area contributed by atoms with E-state index in [4.69, 9.17) is 0 Å². The number of hydrogen-bond donors (Lipinski definition) is 2. The van der Waals surface area contributed by atoms with Crippen LogP contribution in [-0.4, -0.2) is 49.6 Å². The molecule has 0 spiro atoms. The number of benzene rings is 2. The molecule has 1 saturated carbocycles. The Morgan fingerprint density at radius 3 is 2.40 bits per heavy atom. The van der Waals surface area contributed by atoms with Gasteiger partial charge in [0, 0.05) is 50.1 Å². The molecule has 0 radical (unpaired) electrons. The van der Waals surface area contributed by atoms with Crippen molar-refractivity contribution in [3.63, 3.8) is 0 Å². The first-order valence-corrected chi connectivity index (χ1v) is 11.3. The highest BCUT2D eigenvalue weighted by Gasteiger charge is 2.26. The predicted molar refractivity (Wildman–Crippen MR) is 124 cm³/mol. The van der Waals surface area contributed by atoms with Gasteiger partial charge in [-0.05, 0) is 56.4 Å². The summed E-state index contributed by atoms with van der Waals surface area (Å²) in [6.07, 6.45) is 2.84. The summed E-state index contributed by atoms with van der Waals surface area (Å²) in [5.41, 5.74) is 3.16. The van der Waals surface area contributed by atoms with Crippen molar-refractivity contribution >= 4 is 17.3 Å². The van der Waals surface area contributed by atoms with E-state index in [2.05, 4.69) is 38.6 Å². The summed E-state index contributed by atoms with van der Waals surface area (Å²) in [6, 6.07) is 18.1. The third kappa shape index (κ3) is 5.54. The Balaban J connectivity index is 1.44. The lowest BCUT2D eigenvalue weighted by Gasteiger charge is -2.36. The maximum absolute atomic E-state index is 12.9. The molecule has 30 heavy (non-hydrogen) atoms. The third-order valence-corrected chi connectivity index (χ3v) is 5.93. The van der Waals surface area contributed by atoms with Crippen molar-refractivity contribution in [3.8, 4) is 0 Å². The molecule has 160 valence electrons. The lowest BCUT2D eigenvalue weighted by molar-refractivity contribution is -0.122. The summed E-state index contributed by atoms with van der Waals surface area (Å²) in [4.78, 5) is 18.0. The summed E-state index contributed by atoms with van der Waals surface area (Å²) >= 11 is 0. The smallest absolute Gasteiger partial charge is 0.247 e. The van der Waals surface area contributed by atoms with Gasteiger partial charge in [-0.1, -0.05) is 36.4 Å². The average Bonchev–Trinajstić information content (AvgIpc) is 3.57. The number of amides is 1. The molecule has 0 bridgehead atoms. The molecule has 1 aliphatic carbocycles. The molecule has 5 heteroatoms. The van der Waals surface area contributed by atoms with E-state index in [1.165, 1.54) is 25.1 Å². The van der Waals surface area contributed by atoms with Crippen LogP contribution in [-0.2, 0) is 4.79 Å². The minimum absolute atomic E-state index is 0.00436. The van der Waals surface area contributed by atoms with Crippen LogP contribution in [0.4, 0.5) is 11.4 Å².